The monoisotopic (exact) mass is 248 g/mol. The maximum atomic E-state index is 13.2. The fourth-order valence-electron chi connectivity index (χ4n) is 1.05. The molecule has 0 atom stereocenters. The number of phosphoric ester groups is 1. The molecule has 0 fully saturated rings. The molecule has 0 spiro atoms. The predicted molar refractivity (Wildman–Crippen MR) is 57.9 cm³/mol. The first kappa shape index (κ1) is 13.2. The molecule has 0 N–H and O–H groups in total. The molecule has 1 aromatic carbocycles. The van der Waals surface area contributed by atoms with Gasteiger partial charge in [-0.15, -0.1) is 0 Å². The lowest BCUT2D eigenvalue weighted by Crippen LogP contribution is -2.03. The molecule has 1 rings (SSSR count). The summed E-state index contributed by atoms with van der Waals surface area (Å²) >= 11 is 0. The van der Waals surface area contributed by atoms with Gasteiger partial charge in [-0.05, 0) is 26.0 Å². The van der Waals surface area contributed by atoms with Gasteiger partial charge in [-0.25, -0.2) is 8.96 Å². The smallest absolute Gasteiger partial charge is 0.401 e. The molecule has 90 valence electrons. The van der Waals surface area contributed by atoms with E-state index in [1.54, 1.807) is 19.9 Å². The number of halogens is 1. The summed E-state index contributed by atoms with van der Waals surface area (Å²) in [4.78, 5) is 0. The summed E-state index contributed by atoms with van der Waals surface area (Å²) in [6.45, 7) is 3.62. The van der Waals surface area contributed by atoms with Crippen molar-refractivity contribution in [3.05, 3.63) is 30.1 Å². The van der Waals surface area contributed by atoms with E-state index in [4.69, 9.17) is 13.6 Å². The molecule has 0 unspecified atom stereocenters. The average Bonchev–Trinajstić information content (AvgIpc) is 2.22. The Morgan fingerprint density at radius 3 is 2.25 bits per heavy atom. The van der Waals surface area contributed by atoms with Crippen LogP contribution in [0.4, 0.5) is 4.39 Å². The average molecular weight is 248 g/mol. The van der Waals surface area contributed by atoms with E-state index in [-0.39, 0.29) is 19.0 Å². The Morgan fingerprint density at radius 1 is 1.19 bits per heavy atom. The van der Waals surface area contributed by atoms with E-state index in [2.05, 4.69) is 0 Å². The Hall–Kier alpha value is -0.900. The van der Waals surface area contributed by atoms with Crippen molar-refractivity contribution in [1.82, 2.24) is 0 Å². The lowest BCUT2D eigenvalue weighted by Gasteiger charge is -2.17. The number of para-hydroxylation sites is 1. The zero-order valence-corrected chi connectivity index (χ0v) is 10.1. The van der Waals surface area contributed by atoms with Crippen molar-refractivity contribution in [2.75, 3.05) is 13.2 Å². The summed E-state index contributed by atoms with van der Waals surface area (Å²) in [6.07, 6.45) is 0. The van der Waals surface area contributed by atoms with Crippen molar-refractivity contribution < 1.29 is 22.5 Å². The van der Waals surface area contributed by atoms with Gasteiger partial charge in [0.15, 0.2) is 11.6 Å². The Balaban J connectivity index is 2.83. The quantitative estimate of drug-likeness (QED) is 0.724. The second kappa shape index (κ2) is 5.99. The van der Waals surface area contributed by atoms with E-state index in [0.717, 1.165) is 0 Å². The normalized spacial score (nSPS) is 11.4. The van der Waals surface area contributed by atoms with Crippen LogP contribution < -0.4 is 4.52 Å². The van der Waals surface area contributed by atoms with Crippen molar-refractivity contribution in [2.24, 2.45) is 0 Å². The van der Waals surface area contributed by atoms with Gasteiger partial charge in [-0.1, -0.05) is 12.1 Å². The van der Waals surface area contributed by atoms with Crippen LogP contribution in [0.5, 0.6) is 5.75 Å². The second-order valence-electron chi connectivity index (χ2n) is 2.80. The second-order valence-corrected chi connectivity index (χ2v) is 4.40. The third-order valence-corrected chi connectivity index (χ3v) is 3.19. The van der Waals surface area contributed by atoms with Crippen LogP contribution in [0.3, 0.4) is 0 Å². The molecule has 1 aromatic rings. The van der Waals surface area contributed by atoms with Gasteiger partial charge in [-0.3, -0.25) is 9.05 Å². The van der Waals surface area contributed by atoms with Crippen molar-refractivity contribution in [3.8, 4) is 5.75 Å². The first-order valence-corrected chi connectivity index (χ1v) is 6.40. The molecule has 0 saturated heterocycles. The van der Waals surface area contributed by atoms with Crippen molar-refractivity contribution in [2.45, 2.75) is 13.8 Å². The minimum Gasteiger partial charge on any atom is -0.401 e. The highest BCUT2D eigenvalue weighted by molar-refractivity contribution is 7.48. The zero-order valence-electron chi connectivity index (χ0n) is 9.18. The van der Waals surface area contributed by atoms with E-state index < -0.39 is 13.6 Å². The number of phosphoric acid groups is 1. The molecule has 16 heavy (non-hydrogen) atoms. The molecule has 0 saturated carbocycles. The highest BCUT2D eigenvalue weighted by Crippen LogP contribution is 2.49. The van der Waals surface area contributed by atoms with E-state index in [1.165, 1.54) is 18.2 Å². The highest BCUT2D eigenvalue weighted by Gasteiger charge is 2.28. The number of hydrogen-bond acceptors (Lipinski definition) is 4. The van der Waals surface area contributed by atoms with Crippen LogP contribution >= 0.6 is 7.82 Å². The van der Waals surface area contributed by atoms with Crippen LogP contribution in [-0.4, -0.2) is 13.2 Å². The molecule has 6 heteroatoms. The summed E-state index contributed by atoms with van der Waals surface area (Å²) in [5.41, 5.74) is 0. The van der Waals surface area contributed by atoms with E-state index in [9.17, 15) is 8.96 Å². The van der Waals surface area contributed by atoms with Gasteiger partial charge in [0.2, 0.25) is 0 Å². The number of benzene rings is 1. The van der Waals surface area contributed by atoms with Gasteiger partial charge >= 0.3 is 7.82 Å². The van der Waals surface area contributed by atoms with Crippen LogP contribution in [0.1, 0.15) is 13.8 Å². The van der Waals surface area contributed by atoms with Gasteiger partial charge in [0.1, 0.15) is 0 Å². The van der Waals surface area contributed by atoms with Crippen molar-refractivity contribution >= 4 is 7.82 Å². The summed E-state index contributed by atoms with van der Waals surface area (Å²) in [6, 6.07) is 5.65. The minimum atomic E-state index is -3.71. The van der Waals surface area contributed by atoms with E-state index >= 15 is 0 Å². The largest absolute Gasteiger partial charge is 0.530 e. The zero-order chi connectivity index (χ0) is 12.0. The lowest BCUT2D eigenvalue weighted by molar-refractivity contribution is 0.166. The maximum Gasteiger partial charge on any atom is 0.530 e. The molecular formula is C10H14FO4P. The minimum absolute atomic E-state index is 0.146. The SMILES string of the molecule is CCOP(=O)(OCC)Oc1ccccc1F. The van der Waals surface area contributed by atoms with Gasteiger partial charge in [0, 0.05) is 0 Å². The molecule has 0 aromatic heterocycles. The Morgan fingerprint density at radius 2 is 1.75 bits per heavy atom. The van der Waals surface area contributed by atoms with E-state index in [0.29, 0.717) is 0 Å². The fraction of sp³-hybridized carbons (Fsp3) is 0.400. The molecule has 4 nitrogen and oxygen atoms in total. The van der Waals surface area contributed by atoms with Gasteiger partial charge < -0.3 is 4.52 Å². The maximum absolute atomic E-state index is 13.2. The predicted octanol–water partition coefficient (Wildman–Crippen LogP) is 3.39. The lowest BCUT2D eigenvalue weighted by atomic mass is 10.3. The third kappa shape index (κ3) is 3.59. The number of rotatable bonds is 6. The van der Waals surface area contributed by atoms with Crippen LogP contribution in [0.15, 0.2) is 24.3 Å². The molecular weight excluding hydrogens is 234 g/mol. The summed E-state index contributed by atoms with van der Waals surface area (Å²) in [5.74, 6) is -0.755. The molecule has 0 bridgehead atoms. The Bertz CT molecular complexity index is 373. The van der Waals surface area contributed by atoms with Gasteiger partial charge in [0.05, 0.1) is 13.2 Å². The Kier molecular flexibility index (Phi) is 4.93. The third-order valence-electron chi connectivity index (χ3n) is 1.62. The topological polar surface area (TPSA) is 44.8 Å². The van der Waals surface area contributed by atoms with E-state index in [1.807, 2.05) is 0 Å². The first-order chi connectivity index (χ1) is 7.61. The van der Waals surface area contributed by atoms with Gasteiger partial charge in [-0.2, -0.15) is 0 Å². The molecule has 0 radical (unpaired) electrons. The van der Waals surface area contributed by atoms with Crippen LogP contribution in [0.25, 0.3) is 0 Å². The van der Waals surface area contributed by atoms with Crippen molar-refractivity contribution in [1.29, 1.82) is 0 Å². The molecule has 0 amide bonds. The molecule has 0 aliphatic heterocycles. The summed E-state index contributed by atoms with van der Waals surface area (Å²) < 4.78 is 39.8. The van der Waals surface area contributed by atoms with Gasteiger partial charge in [0.25, 0.3) is 0 Å². The number of hydrogen-bond donors (Lipinski definition) is 0. The first-order valence-electron chi connectivity index (χ1n) is 4.94. The molecule has 0 aliphatic rings. The molecule has 0 aliphatic carbocycles. The van der Waals surface area contributed by atoms with Crippen LogP contribution in [0, 0.1) is 5.82 Å². The highest BCUT2D eigenvalue weighted by atomic mass is 31.2. The van der Waals surface area contributed by atoms with Crippen LogP contribution in [-0.2, 0) is 13.6 Å². The van der Waals surface area contributed by atoms with Crippen molar-refractivity contribution in [3.63, 3.8) is 0 Å². The summed E-state index contributed by atoms with van der Waals surface area (Å²) in [5, 5.41) is 0. The molecule has 0 heterocycles. The Labute approximate surface area is 93.9 Å². The summed E-state index contributed by atoms with van der Waals surface area (Å²) in [7, 11) is -3.71. The van der Waals surface area contributed by atoms with Crippen LogP contribution in [0.2, 0.25) is 0 Å². The fourth-order valence-corrected chi connectivity index (χ4v) is 2.25. The standard InChI is InChI=1S/C10H14FO4P/c1-3-13-16(12,14-4-2)15-10-8-6-5-7-9(10)11/h5-8H,3-4H2,1-2H3.